The largest absolute Gasteiger partial charge is 0.493 e. The molecule has 0 bridgehead atoms. The third kappa shape index (κ3) is 7.70. The van der Waals surface area contributed by atoms with Crippen molar-refractivity contribution in [1.82, 2.24) is 20.0 Å². The van der Waals surface area contributed by atoms with E-state index >= 15 is 0 Å². The second-order valence-electron chi connectivity index (χ2n) is 9.09. The molecule has 0 unspecified atom stereocenters. The number of nitrogens with one attached hydrogen (secondary N) is 2. The van der Waals surface area contributed by atoms with Crippen LogP contribution in [-0.4, -0.2) is 49.1 Å². The van der Waals surface area contributed by atoms with Gasteiger partial charge in [-0.2, -0.15) is 0 Å². The van der Waals surface area contributed by atoms with Gasteiger partial charge in [-0.05, 0) is 78.9 Å². The number of ether oxygens (including phenoxy) is 2. The minimum Gasteiger partial charge on any atom is -0.493 e. The molecule has 0 aliphatic heterocycles. The molecule has 38 heavy (non-hydrogen) atoms. The lowest BCUT2D eigenvalue weighted by Crippen LogP contribution is -2.27. The maximum Gasteiger partial charge on any atom is 0.223 e. The second kappa shape index (κ2) is 14.0. The van der Waals surface area contributed by atoms with Gasteiger partial charge in [0.05, 0.1) is 14.2 Å². The first-order chi connectivity index (χ1) is 18.7. The van der Waals surface area contributed by atoms with E-state index in [1.165, 1.54) is 5.56 Å². The van der Waals surface area contributed by atoms with Crippen LogP contribution in [0.2, 0.25) is 0 Å². The molecule has 2 N–H and O–H groups in total. The molecule has 7 nitrogen and oxygen atoms in total. The zero-order valence-corrected chi connectivity index (χ0v) is 22.2. The van der Waals surface area contributed by atoms with Gasteiger partial charge in [-0.15, -0.1) is 0 Å². The van der Waals surface area contributed by atoms with Crippen molar-refractivity contribution in [3.63, 3.8) is 0 Å². The number of carbonyl (C=O) groups excluding carboxylic acids is 1. The molecule has 0 aliphatic rings. The molecule has 0 radical (unpaired) electrons. The van der Waals surface area contributed by atoms with E-state index < -0.39 is 0 Å². The molecule has 2 aromatic carbocycles. The average Bonchev–Trinajstić information content (AvgIpc) is 3.43. The number of imidazole rings is 1. The molecule has 4 rings (SSSR count). The van der Waals surface area contributed by atoms with Crippen LogP contribution in [-0.2, 0) is 11.2 Å². The van der Waals surface area contributed by atoms with Crippen molar-refractivity contribution < 1.29 is 14.3 Å². The second-order valence-corrected chi connectivity index (χ2v) is 9.09. The number of nitrogens with zero attached hydrogens (tertiary/aromatic N) is 2. The molecular weight excluding hydrogens is 476 g/mol. The monoisotopic (exact) mass is 512 g/mol. The molecule has 0 spiro atoms. The number of hydrogen-bond acceptors (Lipinski definition) is 5. The lowest BCUT2D eigenvalue weighted by atomic mass is 10.1. The number of pyridine rings is 1. The fourth-order valence-electron chi connectivity index (χ4n) is 4.27. The first-order valence-electron chi connectivity index (χ1n) is 13.0. The van der Waals surface area contributed by atoms with Gasteiger partial charge in [0.2, 0.25) is 5.91 Å². The molecule has 0 atom stereocenters. The zero-order chi connectivity index (χ0) is 26.6. The summed E-state index contributed by atoms with van der Waals surface area (Å²) < 4.78 is 12.7. The highest BCUT2D eigenvalue weighted by Gasteiger charge is 2.04. The number of benzene rings is 2. The van der Waals surface area contributed by atoms with Crippen molar-refractivity contribution in [2.75, 3.05) is 33.9 Å². The van der Waals surface area contributed by atoms with Crippen LogP contribution >= 0.6 is 0 Å². The zero-order valence-electron chi connectivity index (χ0n) is 22.2. The Balaban J connectivity index is 1.07. The summed E-state index contributed by atoms with van der Waals surface area (Å²) in [6.45, 7) is 2.48. The van der Waals surface area contributed by atoms with Crippen molar-refractivity contribution in [1.29, 1.82) is 0 Å². The summed E-state index contributed by atoms with van der Waals surface area (Å²) >= 11 is 0. The summed E-state index contributed by atoms with van der Waals surface area (Å²) in [6, 6.07) is 18.5. The van der Waals surface area contributed by atoms with Crippen LogP contribution in [0.3, 0.4) is 0 Å². The molecule has 2 heterocycles. The number of carbonyl (C=O) groups is 1. The van der Waals surface area contributed by atoms with E-state index in [0.29, 0.717) is 13.0 Å². The van der Waals surface area contributed by atoms with Gasteiger partial charge in [-0.25, -0.2) is 4.98 Å². The van der Waals surface area contributed by atoms with Crippen molar-refractivity contribution in [3.8, 4) is 22.6 Å². The summed E-state index contributed by atoms with van der Waals surface area (Å²) in [5, 5.41) is 6.43. The first kappa shape index (κ1) is 26.9. The molecule has 1 amide bonds. The highest BCUT2D eigenvalue weighted by molar-refractivity contribution is 5.78. The Morgan fingerprint density at radius 1 is 0.921 bits per heavy atom. The normalized spacial score (nSPS) is 11.2. The van der Waals surface area contributed by atoms with Crippen molar-refractivity contribution in [2.24, 2.45) is 0 Å². The highest BCUT2D eigenvalue weighted by atomic mass is 16.5. The van der Waals surface area contributed by atoms with E-state index in [9.17, 15) is 4.79 Å². The molecule has 7 heteroatoms. The standard InChI is InChI=1S/C31H36N4O3/c1-37-28-15-11-25(22-29(28)38-2)7-4-17-32-18-5-19-34-31(36)8-3-6-24-9-12-26(13-10-24)27-14-16-30-33-20-21-35(30)23-27/h3,6,9-16,20-23,32H,4-5,7-8,17-19H2,1-2H3,(H,34,36)/b6-3+. The summed E-state index contributed by atoms with van der Waals surface area (Å²) in [5.41, 5.74) is 5.52. The molecule has 0 saturated heterocycles. The molecule has 0 saturated carbocycles. The van der Waals surface area contributed by atoms with Gasteiger partial charge in [0.1, 0.15) is 5.65 Å². The molecule has 0 aliphatic carbocycles. The average molecular weight is 513 g/mol. The van der Waals surface area contributed by atoms with Crippen LogP contribution in [0.4, 0.5) is 0 Å². The Kier molecular flexibility index (Phi) is 9.93. The Labute approximate surface area is 224 Å². The van der Waals surface area contributed by atoms with Gasteiger partial charge in [0, 0.05) is 31.6 Å². The Morgan fingerprint density at radius 3 is 2.53 bits per heavy atom. The quantitative estimate of drug-likeness (QED) is 0.229. The van der Waals surface area contributed by atoms with Crippen LogP contribution in [0.5, 0.6) is 11.5 Å². The Morgan fingerprint density at radius 2 is 1.71 bits per heavy atom. The third-order valence-electron chi connectivity index (χ3n) is 6.37. The summed E-state index contributed by atoms with van der Waals surface area (Å²) in [4.78, 5) is 16.4. The van der Waals surface area contributed by atoms with Gasteiger partial charge >= 0.3 is 0 Å². The van der Waals surface area contributed by atoms with Crippen molar-refractivity contribution >= 4 is 17.6 Å². The predicted octanol–water partition coefficient (Wildman–Crippen LogP) is 5.15. The van der Waals surface area contributed by atoms with E-state index in [0.717, 1.165) is 66.2 Å². The molecule has 2 aromatic heterocycles. The van der Waals surface area contributed by atoms with E-state index in [1.807, 2.05) is 40.9 Å². The molecule has 4 aromatic rings. The smallest absolute Gasteiger partial charge is 0.223 e. The van der Waals surface area contributed by atoms with E-state index in [1.54, 1.807) is 20.4 Å². The maximum absolute atomic E-state index is 12.1. The van der Waals surface area contributed by atoms with Gasteiger partial charge in [-0.1, -0.05) is 42.5 Å². The summed E-state index contributed by atoms with van der Waals surface area (Å²) in [7, 11) is 3.30. The molecular formula is C31H36N4O3. The van der Waals surface area contributed by atoms with Crippen LogP contribution in [0, 0.1) is 0 Å². The van der Waals surface area contributed by atoms with E-state index in [2.05, 4.69) is 58.2 Å². The summed E-state index contributed by atoms with van der Waals surface area (Å²) in [5.74, 6) is 1.56. The number of methoxy groups -OCH3 is 2. The lowest BCUT2D eigenvalue weighted by Gasteiger charge is -2.10. The van der Waals surface area contributed by atoms with E-state index in [4.69, 9.17) is 9.47 Å². The lowest BCUT2D eigenvalue weighted by molar-refractivity contribution is -0.120. The number of rotatable bonds is 14. The Bertz CT molecular complexity index is 1350. The Hall–Kier alpha value is -4.10. The molecule has 0 fully saturated rings. The van der Waals surface area contributed by atoms with Gasteiger partial charge in [0.25, 0.3) is 0 Å². The predicted molar refractivity (Wildman–Crippen MR) is 153 cm³/mol. The van der Waals surface area contributed by atoms with Crippen molar-refractivity contribution in [3.05, 3.63) is 90.4 Å². The fraction of sp³-hybridized carbons (Fsp3) is 0.290. The third-order valence-corrected chi connectivity index (χ3v) is 6.37. The maximum atomic E-state index is 12.1. The number of hydrogen-bond donors (Lipinski definition) is 2. The highest BCUT2D eigenvalue weighted by Crippen LogP contribution is 2.28. The number of amides is 1. The minimum absolute atomic E-state index is 0.0416. The van der Waals surface area contributed by atoms with E-state index in [-0.39, 0.29) is 5.91 Å². The van der Waals surface area contributed by atoms with Gasteiger partial charge < -0.3 is 24.5 Å². The van der Waals surface area contributed by atoms with Crippen LogP contribution < -0.4 is 20.1 Å². The van der Waals surface area contributed by atoms with Crippen molar-refractivity contribution in [2.45, 2.75) is 25.7 Å². The van der Waals surface area contributed by atoms with Crippen LogP contribution in [0.1, 0.15) is 30.4 Å². The van der Waals surface area contributed by atoms with Crippen LogP contribution in [0.15, 0.2) is 79.3 Å². The number of aromatic nitrogens is 2. The van der Waals surface area contributed by atoms with Gasteiger partial charge in [-0.3, -0.25) is 4.79 Å². The van der Waals surface area contributed by atoms with Crippen LogP contribution in [0.25, 0.3) is 22.9 Å². The minimum atomic E-state index is 0.0416. The topological polar surface area (TPSA) is 76.9 Å². The first-order valence-corrected chi connectivity index (χ1v) is 13.0. The molecule has 198 valence electrons. The fourth-order valence-corrected chi connectivity index (χ4v) is 4.27. The van der Waals surface area contributed by atoms with Gasteiger partial charge in [0.15, 0.2) is 11.5 Å². The number of aryl methyl sites for hydroxylation is 1. The SMILES string of the molecule is COc1ccc(CCCNCCCNC(=O)C/C=C/c2ccc(-c3ccc4nccn4c3)cc2)cc1OC. The summed E-state index contributed by atoms with van der Waals surface area (Å²) in [6.07, 6.45) is 13.0. The number of fused-ring (bicyclic) bond motifs is 1.